The summed E-state index contributed by atoms with van der Waals surface area (Å²) in [6, 6.07) is 5.04. The summed E-state index contributed by atoms with van der Waals surface area (Å²) in [5.41, 5.74) is -1.39. The van der Waals surface area contributed by atoms with E-state index in [1.165, 1.54) is 0 Å². The van der Waals surface area contributed by atoms with Crippen LogP contribution in [0.1, 0.15) is 18.9 Å². The highest BCUT2D eigenvalue weighted by Crippen LogP contribution is 2.62. The van der Waals surface area contributed by atoms with Crippen molar-refractivity contribution in [3.05, 3.63) is 33.8 Å². The number of fused-ring (bicyclic) bond motifs is 1. The van der Waals surface area contributed by atoms with Crippen molar-refractivity contribution in [2.75, 3.05) is 6.61 Å². The van der Waals surface area contributed by atoms with Crippen LogP contribution < -0.4 is 0 Å². The minimum absolute atomic E-state index is 0.0926. The Bertz CT molecular complexity index is 665. The average Bonchev–Trinajstić information content (AvgIpc) is 2.95. The molecule has 4 atom stereocenters. The zero-order chi connectivity index (χ0) is 16.8. The van der Waals surface area contributed by atoms with Crippen molar-refractivity contribution in [2.24, 2.45) is 11.8 Å². The van der Waals surface area contributed by atoms with Crippen LogP contribution in [0.15, 0.2) is 18.2 Å². The Balaban J connectivity index is 1.58. The lowest BCUT2D eigenvalue weighted by atomic mass is 10.1. The molecule has 23 heavy (non-hydrogen) atoms. The quantitative estimate of drug-likeness (QED) is 0.755. The van der Waals surface area contributed by atoms with Gasteiger partial charge < -0.3 is 9.47 Å². The molecule has 0 N–H and O–H groups in total. The molecule has 1 aromatic carbocycles. The Labute approximate surface area is 142 Å². The molecule has 0 radical (unpaired) electrons. The van der Waals surface area contributed by atoms with E-state index in [1.807, 2.05) is 0 Å². The van der Waals surface area contributed by atoms with Crippen molar-refractivity contribution in [2.45, 2.75) is 31.7 Å². The van der Waals surface area contributed by atoms with Crippen molar-refractivity contribution in [1.29, 1.82) is 0 Å². The molecule has 4 nitrogen and oxygen atoms in total. The SMILES string of the molecule is CCOC(=O)[C@@]1(F)[C@@H]2C[C@@H](OCc3ccc(Cl)c(Cl)c3)C(=O)[C@@H]21. The molecule has 0 aromatic heterocycles. The molecule has 124 valence electrons. The molecule has 2 aliphatic carbocycles. The molecular weight excluding hydrogens is 346 g/mol. The van der Waals surface area contributed by atoms with E-state index in [0.29, 0.717) is 10.0 Å². The second-order valence-corrected chi connectivity index (χ2v) is 6.57. The van der Waals surface area contributed by atoms with Gasteiger partial charge in [0.2, 0.25) is 5.67 Å². The van der Waals surface area contributed by atoms with Crippen LogP contribution in [0.5, 0.6) is 0 Å². The number of ether oxygens (including phenoxy) is 2. The fourth-order valence-corrected chi connectivity index (χ4v) is 3.50. The zero-order valence-corrected chi connectivity index (χ0v) is 13.9. The van der Waals surface area contributed by atoms with Crippen LogP contribution in [0.3, 0.4) is 0 Å². The van der Waals surface area contributed by atoms with E-state index in [0.717, 1.165) is 5.56 Å². The van der Waals surface area contributed by atoms with E-state index in [1.54, 1.807) is 25.1 Å². The van der Waals surface area contributed by atoms with Crippen LogP contribution in [-0.4, -0.2) is 30.1 Å². The molecule has 7 heteroatoms. The zero-order valence-electron chi connectivity index (χ0n) is 12.4. The lowest BCUT2D eigenvalue weighted by molar-refractivity contribution is -0.155. The monoisotopic (exact) mass is 360 g/mol. The van der Waals surface area contributed by atoms with E-state index < -0.39 is 29.6 Å². The number of halogens is 3. The summed E-state index contributed by atoms with van der Waals surface area (Å²) >= 11 is 11.7. The molecule has 0 spiro atoms. The van der Waals surface area contributed by atoms with Crippen molar-refractivity contribution in [3.63, 3.8) is 0 Å². The summed E-state index contributed by atoms with van der Waals surface area (Å²) < 4.78 is 24.8. The first kappa shape index (κ1) is 16.7. The van der Waals surface area contributed by atoms with Gasteiger partial charge in [0.05, 0.1) is 29.2 Å². The summed E-state index contributed by atoms with van der Waals surface area (Å²) in [4.78, 5) is 23.8. The third kappa shape index (κ3) is 2.75. The molecule has 3 rings (SSSR count). The van der Waals surface area contributed by atoms with Gasteiger partial charge in [-0.3, -0.25) is 4.79 Å². The number of ketones is 1. The second kappa shape index (κ2) is 6.04. The Hall–Kier alpha value is -1.17. The molecule has 0 aliphatic heterocycles. The number of rotatable bonds is 5. The van der Waals surface area contributed by atoms with Crippen molar-refractivity contribution in [1.82, 2.24) is 0 Å². The highest BCUT2D eigenvalue weighted by molar-refractivity contribution is 6.42. The van der Waals surface area contributed by atoms with Gasteiger partial charge in [-0.15, -0.1) is 0 Å². The number of Topliss-reactive ketones (excluding diaryl/α,β-unsaturated/α-hetero) is 1. The summed E-state index contributed by atoms with van der Waals surface area (Å²) in [6.45, 7) is 1.87. The van der Waals surface area contributed by atoms with Gasteiger partial charge in [-0.1, -0.05) is 29.3 Å². The Morgan fingerprint density at radius 1 is 1.39 bits per heavy atom. The predicted octanol–water partition coefficient (Wildman–Crippen LogP) is 3.37. The van der Waals surface area contributed by atoms with Crippen LogP contribution in [0.25, 0.3) is 0 Å². The van der Waals surface area contributed by atoms with E-state index >= 15 is 0 Å². The van der Waals surface area contributed by atoms with Gasteiger partial charge in [-0.25, -0.2) is 9.18 Å². The molecule has 2 aliphatic rings. The molecule has 0 saturated heterocycles. The third-order valence-electron chi connectivity index (χ3n) is 4.40. The van der Waals surface area contributed by atoms with Crippen LogP contribution in [0, 0.1) is 11.8 Å². The van der Waals surface area contributed by atoms with Gasteiger partial charge in [-0.2, -0.15) is 0 Å². The fourth-order valence-electron chi connectivity index (χ4n) is 3.18. The Kier molecular flexibility index (Phi) is 4.38. The maximum absolute atomic E-state index is 14.5. The fraction of sp³-hybridized carbons (Fsp3) is 0.500. The average molecular weight is 361 g/mol. The summed E-state index contributed by atoms with van der Waals surface area (Å²) in [5, 5.41) is 0.837. The molecule has 0 heterocycles. The number of hydrogen-bond donors (Lipinski definition) is 0. The Morgan fingerprint density at radius 2 is 2.13 bits per heavy atom. The maximum atomic E-state index is 14.5. The molecule has 0 bridgehead atoms. The van der Waals surface area contributed by atoms with Crippen LogP contribution in [0.2, 0.25) is 10.0 Å². The number of carbonyl (C=O) groups excluding carboxylic acids is 2. The van der Waals surface area contributed by atoms with Crippen LogP contribution in [-0.2, 0) is 25.7 Å². The smallest absolute Gasteiger partial charge is 0.344 e. The number of benzene rings is 1. The summed E-state index contributed by atoms with van der Waals surface area (Å²) in [5.74, 6) is -2.87. The van der Waals surface area contributed by atoms with Gasteiger partial charge in [0.1, 0.15) is 6.10 Å². The lowest BCUT2D eigenvalue weighted by Crippen LogP contribution is -2.34. The largest absolute Gasteiger partial charge is 0.464 e. The topological polar surface area (TPSA) is 52.6 Å². The molecule has 0 unspecified atom stereocenters. The van der Waals surface area contributed by atoms with Gasteiger partial charge >= 0.3 is 5.97 Å². The van der Waals surface area contributed by atoms with E-state index in [4.69, 9.17) is 32.7 Å². The normalized spacial score (nSPS) is 31.8. The first-order chi connectivity index (χ1) is 10.9. The van der Waals surface area contributed by atoms with Gasteiger partial charge in [0, 0.05) is 5.92 Å². The minimum atomic E-state index is -2.16. The minimum Gasteiger partial charge on any atom is -0.464 e. The van der Waals surface area contributed by atoms with Crippen LogP contribution in [0.4, 0.5) is 4.39 Å². The first-order valence-corrected chi connectivity index (χ1v) is 8.10. The van der Waals surface area contributed by atoms with Crippen LogP contribution >= 0.6 is 23.2 Å². The lowest BCUT2D eigenvalue weighted by Gasteiger charge is -2.17. The van der Waals surface area contributed by atoms with E-state index in [-0.39, 0.29) is 25.4 Å². The number of hydrogen-bond acceptors (Lipinski definition) is 4. The first-order valence-electron chi connectivity index (χ1n) is 7.35. The Morgan fingerprint density at radius 3 is 2.70 bits per heavy atom. The summed E-state index contributed by atoms with van der Waals surface area (Å²) in [6.07, 6.45) is -0.502. The standard InChI is InChI=1S/C16H15Cl2FO4/c1-2-22-15(21)16(19)9-6-12(14(20)13(9)16)23-7-8-3-4-10(17)11(18)5-8/h3-5,9,12-13H,2,6-7H2,1H3/t9-,12-,13-,16-/m1/s1. The summed E-state index contributed by atoms with van der Waals surface area (Å²) in [7, 11) is 0. The molecule has 2 fully saturated rings. The van der Waals surface area contributed by atoms with Gasteiger partial charge in [-0.05, 0) is 31.0 Å². The number of carbonyl (C=O) groups is 2. The number of alkyl halides is 1. The highest BCUT2D eigenvalue weighted by Gasteiger charge is 2.79. The second-order valence-electron chi connectivity index (χ2n) is 5.76. The van der Waals surface area contributed by atoms with E-state index in [2.05, 4.69) is 0 Å². The van der Waals surface area contributed by atoms with Crippen molar-refractivity contribution >= 4 is 35.0 Å². The molecule has 1 aromatic rings. The van der Waals surface area contributed by atoms with E-state index in [9.17, 15) is 14.0 Å². The van der Waals surface area contributed by atoms with Crippen molar-refractivity contribution in [3.8, 4) is 0 Å². The molecular formula is C16H15Cl2FO4. The molecule has 2 saturated carbocycles. The number of esters is 1. The maximum Gasteiger partial charge on any atom is 0.344 e. The molecule has 0 amide bonds. The third-order valence-corrected chi connectivity index (χ3v) is 5.14. The van der Waals surface area contributed by atoms with Gasteiger partial charge in [0.15, 0.2) is 5.78 Å². The van der Waals surface area contributed by atoms with Gasteiger partial charge in [0.25, 0.3) is 0 Å². The highest BCUT2D eigenvalue weighted by atomic mass is 35.5. The van der Waals surface area contributed by atoms with Crippen molar-refractivity contribution < 1.29 is 23.5 Å². The predicted molar refractivity (Wildman–Crippen MR) is 82.1 cm³/mol.